The van der Waals surface area contributed by atoms with Crippen molar-refractivity contribution in [2.24, 2.45) is 5.41 Å². The fourth-order valence-corrected chi connectivity index (χ4v) is 1.85. The molecule has 0 unspecified atom stereocenters. The lowest BCUT2D eigenvalue weighted by Gasteiger charge is -2.23. The van der Waals surface area contributed by atoms with Gasteiger partial charge in [-0.05, 0) is 36.5 Å². The van der Waals surface area contributed by atoms with Crippen LogP contribution in [0.1, 0.15) is 43.5 Å². The lowest BCUT2D eigenvalue weighted by Crippen LogP contribution is -2.28. The van der Waals surface area contributed by atoms with Gasteiger partial charge in [-0.1, -0.05) is 13.8 Å². The minimum Gasteiger partial charge on any atom is -0.504 e. The molecule has 1 amide bonds. The molecule has 6 heteroatoms. The maximum absolute atomic E-state index is 11.9. The summed E-state index contributed by atoms with van der Waals surface area (Å²) < 4.78 is 0. The molecule has 0 saturated carbocycles. The third-order valence-corrected chi connectivity index (χ3v) is 3.34. The summed E-state index contributed by atoms with van der Waals surface area (Å²) in [6.07, 6.45) is 1.29. The molecule has 6 nitrogen and oxygen atoms in total. The number of nitrogens with one attached hydrogen (secondary N) is 1. The Hall–Kier alpha value is -2.24. The van der Waals surface area contributed by atoms with E-state index in [1.807, 2.05) is 13.8 Å². The Morgan fingerprint density at radius 2 is 1.81 bits per heavy atom. The SMILES string of the molecule is CC(C)(CCNC(=O)c1ccc(O)c(O)c1)CCC(=O)O. The molecule has 0 aliphatic heterocycles. The van der Waals surface area contributed by atoms with Crippen molar-refractivity contribution in [2.75, 3.05) is 6.54 Å². The zero-order valence-corrected chi connectivity index (χ0v) is 12.2. The summed E-state index contributed by atoms with van der Waals surface area (Å²) in [6.45, 7) is 4.32. The average molecular weight is 295 g/mol. The largest absolute Gasteiger partial charge is 0.504 e. The fraction of sp³-hybridized carbons (Fsp3) is 0.467. The van der Waals surface area contributed by atoms with Gasteiger partial charge in [0.1, 0.15) is 0 Å². The standard InChI is InChI=1S/C15H21NO5/c1-15(2,6-5-13(19)20)7-8-16-14(21)10-3-4-11(17)12(18)9-10/h3-4,9,17-18H,5-8H2,1-2H3,(H,16,21)(H,19,20). The Morgan fingerprint density at radius 1 is 1.14 bits per heavy atom. The molecule has 21 heavy (non-hydrogen) atoms. The molecular weight excluding hydrogens is 274 g/mol. The maximum atomic E-state index is 11.9. The molecule has 0 aliphatic carbocycles. The topological polar surface area (TPSA) is 107 Å². The third kappa shape index (κ3) is 5.72. The van der Waals surface area contributed by atoms with Gasteiger partial charge in [0.05, 0.1) is 0 Å². The van der Waals surface area contributed by atoms with Crippen LogP contribution in [0, 0.1) is 5.41 Å². The molecule has 0 bridgehead atoms. The van der Waals surface area contributed by atoms with E-state index in [1.54, 1.807) is 0 Å². The molecule has 0 spiro atoms. The highest BCUT2D eigenvalue weighted by Crippen LogP contribution is 2.27. The van der Waals surface area contributed by atoms with Gasteiger partial charge >= 0.3 is 5.97 Å². The van der Waals surface area contributed by atoms with Gasteiger partial charge in [-0.15, -0.1) is 0 Å². The number of carboxylic acid groups (broad SMARTS) is 1. The van der Waals surface area contributed by atoms with Gasteiger partial charge in [0, 0.05) is 18.5 Å². The van der Waals surface area contributed by atoms with E-state index in [2.05, 4.69) is 5.32 Å². The van der Waals surface area contributed by atoms with E-state index in [0.29, 0.717) is 19.4 Å². The summed E-state index contributed by atoms with van der Waals surface area (Å²) in [5, 5.41) is 29.9. The van der Waals surface area contributed by atoms with Crippen LogP contribution in [-0.2, 0) is 4.79 Å². The molecule has 0 fully saturated rings. The van der Waals surface area contributed by atoms with E-state index in [1.165, 1.54) is 18.2 Å². The van der Waals surface area contributed by atoms with Crippen LogP contribution in [0.2, 0.25) is 0 Å². The Balaban J connectivity index is 2.46. The van der Waals surface area contributed by atoms with Crippen molar-refractivity contribution in [3.05, 3.63) is 23.8 Å². The van der Waals surface area contributed by atoms with Gasteiger partial charge in [-0.3, -0.25) is 9.59 Å². The first-order chi connectivity index (χ1) is 9.71. The minimum absolute atomic E-state index is 0.104. The van der Waals surface area contributed by atoms with Crippen molar-refractivity contribution in [3.8, 4) is 11.5 Å². The smallest absolute Gasteiger partial charge is 0.303 e. The van der Waals surface area contributed by atoms with Crippen molar-refractivity contribution in [2.45, 2.75) is 33.1 Å². The van der Waals surface area contributed by atoms with Gasteiger partial charge in [0.15, 0.2) is 11.5 Å². The summed E-state index contributed by atoms with van der Waals surface area (Å²) >= 11 is 0. The van der Waals surface area contributed by atoms with Crippen molar-refractivity contribution in [1.29, 1.82) is 0 Å². The van der Waals surface area contributed by atoms with Crippen molar-refractivity contribution < 1.29 is 24.9 Å². The summed E-state index contributed by atoms with van der Waals surface area (Å²) in [4.78, 5) is 22.4. The van der Waals surface area contributed by atoms with Gasteiger partial charge in [-0.25, -0.2) is 0 Å². The van der Waals surface area contributed by atoms with Crippen LogP contribution in [0.15, 0.2) is 18.2 Å². The second-order valence-electron chi connectivity index (χ2n) is 5.77. The number of carbonyl (C=O) groups excluding carboxylic acids is 1. The summed E-state index contributed by atoms with van der Waals surface area (Å²) in [7, 11) is 0. The number of carboxylic acids is 1. The number of benzene rings is 1. The third-order valence-electron chi connectivity index (χ3n) is 3.34. The first kappa shape index (κ1) is 16.8. The Morgan fingerprint density at radius 3 is 2.38 bits per heavy atom. The van der Waals surface area contributed by atoms with Crippen LogP contribution in [-0.4, -0.2) is 33.7 Å². The van der Waals surface area contributed by atoms with Crippen molar-refractivity contribution >= 4 is 11.9 Å². The monoisotopic (exact) mass is 295 g/mol. The molecule has 0 saturated heterocycles. The number of phenolic OH excluding ortho intramolecular Hbond substituents is 2. The number of aromatic hydroxyl groups is 2. The van der Waals surface area contributed by atoms with E-state index in [0.717, 1.165) is 0 Å². The second-order valence-corrected chi connectivity index (χ2v) is 5.77. The zero-order valence-electron chi connectivity index (χ0n) is 12.2. The normalized spacial score (nSPS) is 11.1. The molecule has 1 rings (SSSR count). The van der Waals surface area contributed by atoms with E-state index >= 15 is 0 Å². The van der Waals surface area contributed by atoms with Gasteiger partial charge in [0.25, 0.3) is 5.91 Å². The molecule has 116 valence electrons. The maximum Gasteiger partial charge on any atom is 0.303 e. The molecule has 0 atom stereocenters. The Labute approximate surface area is 123 Å². The van der Waals surface area contributed by atoms with Crippen LogP contribution >= 0.6 is 0 Å². The van der Waals surface area contributed by atoms with E-state index in [9.17, 15) is 19.8 Å². The molecule has 1 aromatic carbocycles. The number of carbonyl (C=O) groups is 2. The lowest BCUT2D eigenvalue weighted by atomic mass is 9.84. The Kier molecular flexibility index (Phi) is 5.58. The second kappa shape index (κ2) is 6.97. The van der Waals surface area contributed by atoms with E-state index < -0.39 is 5.97 Å². The molecular formula is C15H21NO5. The van der Waals surface area contributed by atoms with Crippen LogP contribution in [0.4, 0.5) is 0 Å². The molecule has 0 aliphatic rings. The van der Waals surface area contributed by atoms with Crippen molar-refractivity contribution in [1.82, 2.24) is 5.32 Å². The van der Waals surface area contributed by atoms with Crippen LogP contribution in [0.3, 0.4) is 0 Å². The molecule has 1 aromatic rings. The highest BCUT2D eigenvalue weighted by atomic mass is 16.4. The fourth-order valence-electron chi connectivity index (χ4n) is 1.85. The van der Waals surface area contributed by atoms with Gasteiger partial charge < -0.3 is 20.6 Å². The van der Waals surface area contributed by atoms with Crippen LogP contribution < -0.4 is 5.32 Å². The van der Waals surface area contributed by atoms with Crippen molar-refractivity contribution in [3.63, 3.8) is 0 Å². The molecule has 4 N–H and O–H groups in total. The lowest BCUT2D eigenvalue weighted by molar-refractivity contribution is -0.137. The number of rotatable bonds is 7. The first-order valence-electron chi connectivity index (χ1n) is 6.73. The Bertz CT molecular complexity index is 525. The molecule has 0 heterocycles. The highest BCUT2D eigenvalue weighted by molar-refractivity contribution is 5.94. The van der Waals surface area contributed by atoms with Gasteiger partial charge in [0.2, 0.25) is 0 Å². The number of amides is 1. The van der Waals surface area contributed by atoms with E-state index in [4.69, 9.17) is 5.11 Å². The molecule has 0 radical (unpaired) electrons. The number of aliphatic carboxylic acids is 1. The first-order valence-corrected chi connectivity index (χ1v) is 6.73. The van der Waals surface area contributed by atoms with Crippen LogP contribution in [0.25, 0.3) is 0 Å². The zero-order chi connectivity index (χ0) is 16.0. The van der Waals surface area contributed by atoms with Gasteiger partial charge in [-0.2, -0.15) is 0 Å². The predicted molar refractivity (Wildman–Crippen MR) is 77.4 cm³/mol. The predicted octanol–water partition coefficient (Wildman–Crippen LogP) is 2.11. The van der Waals surface area contributed by atoms with E-state index in [-0.39, 0.29) is 34.8 Å². The summed E-state index contributed by atoms with van der Waals surface area (Å²) in [5.74, 6) is -1.79. The average Bonchev–Trinajstić information content (AvgIpc) is 2.39. The highest BCUT2D eigenvalue weighted by Gasteiger charge is 2.19. The summed E-state index contributed by atoms with van der Waals surface area (Å²) in [6, 6.07) is 3.86. The van der Waals surface area contributed by atoms with Crippen LogP contribution in [0.5, 0.6) is 11.5 Å². The molecule has 0 aromatic heterocycles. The number of hydrogen-bond donors (Lipinski definition) is 4. The minimum atomic E-state index is -0.827. The quantitative estimate of drug-likeness (QED) is 0.576. The number of phenols is 2. The summed E-state index contributed by atoms with van der Waals surface area (Å²) in [5.41, 5.74) is 0.0802. The number of hydrogen-bond acceptors (Lipinski definition) is 4.